The molecule has 136 valence electrons. The number of amides is 2. The standard InChI is InChI=1S/C19H20BrN3O3/c1-26-17-10-8-14(9-11-17)13-21-23-19(25)7-3-6-18(24)22-16-5-2-4-15(20)12-16/h2,4-5,8-13H,3,6-7H2,1H3,(H,22,24)(H,23,25). The van der Waals surface area contributed by atoms with Crippen LogP contribution in [-0.4, -0.2) is 25.1 Å². The van der Waals surface area contributed by atoms with Crippen molar-refractivity contribution in [2.45, 2.75) is 19.3 Å². The maximum Gasteiger partial charge on any atom is 0.240 e. The minimum Gasteiger partial charge on any atom is -0.497 e. The zero-order chi connectivity index (χ0) is 18.8. The monoisotopic (exact) mass is 417 g/mol. The average molecular weight is 418 g/mol. The van der Waals surface area contributed by atoms with Crippen LogP contribution in [0, 0.1) is 0 Å². The van der Waals surface area contributed by atoms with Gasteiger partial charge in [0.15, 0.2) is 0 Å². The van der Waals surface area contributed by atoms with E-state index in [-0.39, 0.29) is 24.7 Å². The molecule has 2 amide bonds. The van der Waals surface area contributed by atoms with Gasteiger partial charge in [-0.3, -0.25) is 9.59 Å². The van der Waals surface area contributed by atoms with Gasteiger partial charge in [-0.05, 0) is 54.4 Å². The van der Waals surface area contributed by atoms with E-state index in [0.29, 0.717) is 6.42 Å². The Bertz CT molecular complexity index is 776. The summed E-state index contributed by atoms with van der Waals surface area (Å²) < 4.78 is 5.96. The van der Waals surface area contributed by atoms with Gasteiger partial charge < -0.3 is 10.1 Å². The van der Waals surface area contributed by atoms with Crippen molar-refractivity contribution in [1.82, 2.24) is 5.43 Å². The van der Waals surface area contributed by atoms with Gasteiger partial charge in [-0.15, -0.1) is 0 Å². The Balaban J connectivity index is 1.66. The summed E-state index contributed by atoms with van der Waals surface area (Å²) in [5.74, 6) is 0.398. The lowest BCUT2D eigenvalue weighted by Gasteiger charge is -2.05. The molecule has 2 aromatic carbocycles. The zero-order valence-electron chi connectivity index (χ0n) is 14.4. The highest BCUT2D eigenvalue weighted by Gasteiger charge is 2.05. The molecular weight excluding hydrogens is 398 g/mol. The lowest BCUT2D eigenvalue weighted by atomic mass is 10.2. The minimum atomic E-state index is -0.231. The van der Waals surface area contributed by atoms with Crippen LogP contribution in [-0.2, 0) is 9.59 Å². The van der Waals surface area contributed by atoms with Crippen molar-refractivity contribution < 1.29 is 14.3 Å². The van der Waals surface area contributed by atoms with E-state index in [0.717, 1.165) is 21.5 Å². The van der Waals surface area contributed by atoms with Gasteiger partial charge in [-0.25, -0.2) is 5.43 Å². The molecule has 0 aromatic heterocycles. The lowest BCUT2D eigenvalue weighted by Crippen LogP contribution is -2.18. The van der Waals surface area contributed by atoms with Crippen molar-refractivity contribution in [2.75, 3.05) is 12.4 Å². The van der Waals surface area contributed by atoms with E-state index in [4.69, 9.17) is 4.74 Å². The van der Waals surface area contributed by atoms with E-state index >= 15 is 0 Å². The van der Waals surface area contributed by atoms with Gasteiger partial charge >= 0.3 is 0 Å². The Hall–Kier alpha value is -2.67. The molecule has 26 heavy (non-hydrogen) atoms. The molecule has 0 aliphatic heterocycles. The summed E-state index contributed by atoms with van der Waals surface area (Å²) in [6, 6.07) is 14.6. The first-order chi connectivity index (χ1) is 12.6. The van der Waals surface area contributed by atoms with Crippen LogP contribution >= 0.6 is 15.9 Å². The summed E-state index contributed by atoms with van der Waals surface area (Å²) in [6.07, 6.45) is 2.50. The molecule has 2 aromatic rings. The van der Waals surface area contributed by atoms with Crippen molar-refractivity contribution in [3.05, 3.63) is 58.6 Å². The van der Waals surface area contributed by atoms with Crippen LogP contribution in [0.1, 0.15) is 24.8 Å². The number of ether oxygens (including phenoxy) is 1. The SMILES string of the molecule is COc1ccc(C=NNC(=O)CCCC(=O)Nc2cccc(Br)c2)cc1. The first-order valence-corrected chi connectivity index (χ1v) is 8.87. The molecule has 0 atom stereocenters. The van der Waals surface area contributed by atoms with Crippen LogP contribution in [0.4, 0.5) is 5.69 Å². The van der Waals surface area contributed by atoms with Gasteiger partial charge in [-0.2, -0.15) is 5.10 Å². The molecular formula is C19H20BrN3O3. The molecule has 6 nitrogen and oxygen atoms in total. The Morgan fingerprint density at radius 3 is 2.54 bits per heavy atom. The maximum atomic E-state index is 11.9. The van der Waals surface area contributed by atoms with E-state index in [1.165, 1.54) is 0 Å². The van der Waals surface area contributed by atoms with Gasteiger partial charge in [-0.1, -0.05) is 22.0 Å². The largest absolute Gasteiger partial charge is 0.497 e. The van der Waals surface area contributed by atoms with Crippen molar-refractivity contribution in [2.24, 2.45) is 5.10 Å². The number of carbonyl (C=O) groups excluding carboxylic acids is 2. The van der Waals surface area contributed by atoms with Crippen LogP contribution < -0.4 is 15.5 Å². The number of carbonyl (C=O) groups is 2. The molecule has 0 fully saturated rings. The highest BCUT2D eigenvalue weighted by molar-refractivity contribution is 9.10. The molecule has 0 unspecified atom stereocenters. The van der Waals surface area contributed by atoms with Crippen LogP contribution in [0.5, 0.6) is 5.75 Å². The fourth-order valence-corrected chi connectivity index (χ4v) is 2.52. The van der Waals surface area contributed by atoms with Crippen molar-refractivity contribution in [3.63, 3.8) is 0 Å². The molecule has 2 rings (SSSR count). The minimum absolute atomic E-state index is 0.127. The lowest BCUT2D eigenvalue weighted by molar-refractivity contribution is -0.121. The molecule has 0 radical (unpaired) electrons. The van der Waals surface area contributed by atoms with Crippen LogP contribution in [0.25, 0.3) is 0 Å². The highest BCUT2D eigenvalue weighted by Crippen LogP contribution is 2.16. The molecule has 0 saturated heterocycles. The first-order valence-electron chi connectivity index (χ1n) is 8.08. The van der Waals surface area contributed by atoms with Gasteiger partial charge in [0.05, 0.1) is 13.3 Å². The second kappa shape index (κ2) is 10.4. The Morgan fingerprint density at radius 2 is 1.85 bits per heavy atom. The number of anilines is 1. The van der Waals surface area contributed by atoms with Crippen molar-refractivity contribution in [1.29, 1.82) is 0 Å². The Morgan fingerprint density at radius 1 is 1.12 bits per heavy atom. The number of hydrazone groups is 1. The molecule has 0 heterocycles. The molecule has 7 heteroatoms. The Labute approximate surface area is 160 Å². The molecule has 2 N–H and O–H groups in total. The van der Waals surface area contributed by atoms with E-state index in [9.17, 15) is 9.59 Å². The number of benzene rings is 2. The zero-order valence-corrected chi connectivity index (χ0v) is 16.0. The van der Waals surface area contributed by atoms with Crippen molar-refractivity contribution >= 4 is 39.6 Å². The molecule has 0 aliphatic carbocycles. The smallest absolute Gasteiger partial charge is 0.240 e. The number of nitrogens with zero attached hydrogens (tertiary/aromatic N) is 1. The topological polar surface area (TPSA) is 79.8 Å². The molecule has 0 aliphatic rings. The number of rotatable bonds is 8. The number of halogens is 1. The summed E-state index contributed by atoms with van der Waals surface area (Å²) in [4.78, 5) is 23.6. The highest BCUT2D eigenvalue weighted by atomic mass is 79.9. The van der Waals surface area contributed by atoms with E-state index in [1.54, 1.807) is 13.3 Å². The number of hydrogen-bond acceptors (Lipinski definition) is 4. The molecule has 0 bridgehead atoms. The average Bonchev–Trinajstić information content (AvgIpc) is 2.62. The first kappa shape index (κ1) is 19.7. The number of methoxy groups -OCH3 is 1. The summed E-state index contributed by atoms with van der Waals surface area (Å²) >= 11 is 3.35. The summed E-state index contributed by atoms with van der Waals surface area (Å²) in [6.45, 7) is 0. The van der Waals surface area contributed by atoms with Crippen LogP contribution in [0.2, 0.25) is 0 Å². The molecule has 0 saturated carbocycles. The second-order valence-corrected chi connectivity index (χ2v) is 6.39. The van der Waals surface area contributed by atoms with E-state index < -0.39 is 0 Å². The van der Waals surface area contributed by atoms with Gasteiger partial charge in [0.1, 0.15) is 5.75 Å². The fraction of sp³-hybridized carbons (Fsp3) is 0.211. The van der Waals surface area contributed by atoms with Crippen molar-refractivity contribution in [3.8, 4) is 5.75 Å². The summed E-state index contributed by atoms with van der Waals surface area (Å²) in [5.41, 5.74) is 4.02. The quantitative estimate of drug-likeness (QED) is 0.507. The maximum absolute atomic E-state index is 11.9. The third kappa shape index (κ3) is 7.06. The number of hydrogen-bond donors (Lipinski definition) is 2. The molecule has 0 spiro atoms. The Kier molecular flexibility index (Phi) is 7.82. The summed E-state index contributed by atoms with van der Waals surface area (Å²) in [5, 5.41) is 6.69. The van der Waals surface area contributed by atoms with Crippen LogP contribution in [0.15, 0.2) is 58.1 Å². The van der Waals surface area contributed by atoms with E-state index in [2.05, 4.69) is 31.8 Å². The van der Waals surface area contributed by atoms with Gasteiger partial charge in [0.25, 0.3) is 0 Å². The third-order valence-corrected chi connectivity index (χ3v) is 3.93. The second-order valence-electron chi connectivity index (χ2n) is 5.48. The predicted octanol–water partition coefficient (Wildman–Crippen LogP) is 3.72. The normalized spacial score (nSPS) is 10.5. The third-order valence-electron chi connectivity index (χ3n) is 3.43. The number of nitrogens with one attached hydrogen (secondary N) is 2. The van der Waals surface area contributed by atoms with Crippen LogP contribution in [0.3, 0.4) is 0 Å². The van der Waals surface area contributed by atoms with Gasteiger partial charge in [0, 0.05) is 23.0 Å². The van der Waals surface area contributed by atoms with Gasteiger partial charge in [0.2, 0.25) is 11.8 Å². The van der Waals surface area contributed by atoms with E-state index in [1.807, 2.05) is 48.5 Å². The fourth-order valence-electron chi connectivity index (χ4n) is 2.12. The summed E-state index contributed by atoms with van der Waals surface area (Å²) in [7, 11) is 1.60. The predicted molar refractivity (Wildman–Crippen MR) is 105 cm³/mol.